The van der Waals surface area contributed by atoms with Gasteiger partial charge in [-0.25, -0.2) is 0 Å². The Kier molecular flexibility index (Phi) is 5.39. The standard InChI is InChI=1S/C8H10Cl2O8P2S/c1-6-2-4-7(5-3-6)21(16,17)18-20(14,15)8(9,10)19(11,12)13/h2-5H,1H3,(H,14,15)(H2,11,12,13). The zero-order valence-corrected chi connectivity index (χ0v) is 14.4. The van der Waals surface area contributed by atoms with Gasteiger partial charge in [0, 0.05) is 0 Å². The van der Waals surface area contributed by atoms with Crippen molar-refractivity contribution in [2.45, 2.75) is 15.6 Å². The topological polar surface area (TPSA) is 138 Å². The van der Waals surface area contributed by atoms with E-state index < -0.39 is 34.0 Å². The predicted molar refractivity (Wildman–Crippen MR) is 75.8 cm³/mol. The van der Waals surface area contributed by atoms with Gasteiger partial charge in [0.15, 0.2) is 0 Å². The summed E-state index contributed by atoms with van der Waals surface area (Å²) < 4.78 is 46.7. The van der Waals surface area contributed by atoms with Gasteiger partial charge in [-0.2, -0.15) is 12.4 Å². The molecule has 0 fully saturated rings. The highest BCUT2D eigenvalue weighted by Crippen LogP contribution is 2.76. The molecule has 0 aliphatic carbocycles. The van der Waals surface area contributed by atoms with Crippen LogP contribution in [0, 0.1) is 6.92 Å². The highest BCUT2D eigenvalue weighted by atomic mass is 35.5. The van der Waals surface area contributed by atoms with Gasteiger partial charge >= 0.3 is 29.1 Å². The summed E-state index contributed by atoms with van der Waals surface area (Å²) in [6.07, 6.45) is 0. The lowest BCUT2D eigenvalue weighted by molar-refractivity contribution is 0.349. The molecule has 0 spiro atoms. The van der Waals surface area contributed by atoms with Crippen LogP contribution in [0.25, 0.3) is 0 Å². The maximum Gasteiger partial charge on any atom is 0.391 e. The largest absolute Gasteiger partial charge is 0.391 e. The van der Waals surface area contributed by atoms with Crippen LogP contribution in [-0.2, 0) is 23.2 Å². The van der Waals surface area contributed by atoms with E-state index in [1.54, 1.807) is 6.92 Å². The van der Waals surface area contributed by atoms with E-state index in [0.29, 0.717) is 5.56 Å². The number of aryl methyl sites for hydroxylation is 1. The van der Waals surface area contributed by atoms with Gasteiger partial charge in [0.25, 0.3) is 0 Å². The van der Waals surface area contributed by atoms with Crippen LogP contribution in [-0.4, -0.2) is 26.9 Å². The van der Waals surface area contributed by atoms with Gasteiger partial charge in [-0.15, -0.1) is 0 Å². The van der Waals surface area contributed by atoms with Crippen LogP contribution < -0.4 is 0 Å². The van der Waals surface area contributed by atoms with E-state index in [4.69, 9.17) is 33.0 Å². The second-order valence-electron chi connectivity index (χ2n) is 3.92. The molecule has 1 aromatic rings. The Labute approximate surface area is 130 Å². The summed E-state index contributed by atoms with van der Waals surface area (Å²) >= 11 is 10.2. The fourth-order valence-electron chi connectivity index (χ4n) is 1.09. The van der Waals surface area contributed by atoms with E-state index in [9.17, 15) is 22.4 Å². The number of alkyl halides is 2. The van der Waals surface area contributed by atoms with Gasteiger partial charge in [0.2, 0.25) is 0 Å². The maximum atomic E-state index is 11.8. The zero-order chi connectivity index (χ0) is 16.7. The highest BCUT2D eigenvalue weighted by Gasteiger charge is 2.61. The lowest BCUT2D eigenvalue weighted by Crippen LogP contribution is -2.18. The van der Waals surface area contributed by atoms with Crippen molar-refractivity contribution in [1.29, 1.82) is 0 Å². The lowest BCUT2D eigenvalue weighted by atomic mass is 10.2. The van der Waals surface area contributed by atoms with Crippen LogP contribution in [0.3, 0.4) is 0 Å². The fraction of sp³-hybridized carbons (Fsp3) is 0.250. The molecule has 0 saturated heterocycles. The third kappa shape index (κ3) is 4.07. The average Bonchev–Trinajstić information content (AvgIpc) is 2.26. The summed E-state index contributed by atoms with van der Waals surface area (Å²) in [5.41, 5.74) is 0.709. The summed E-state index contributed by atoms with van der Waals surface area (Å²) in [5.74, 6) is 0. The van der Waals surface area contributed by atoms with Crippen molar-refractivity contribution in [3.05, 3.63) is 29.8 Å². The van der Waals surface area contributed by atoms with Crippen molar-refractivity contribution in [3.63, 3.8) is 0 Å². The minimum atomic E-state index is -5.64. The minimum Gasteiger partial charge on any atom is -0.322 e. The molecule has 0 amide bonds. The first-order valence-electron chi connectivity index (χ1n) is 5.00. The van der Waals surface area contributed by atoms with Gasteiger partial charge in [-0.1, -0.05) is 40.9 Å². The first-order chi connectivity index (χ1) is 9.21. The molecule has 1 rings (SSSR count). The van der Waals surface area contributed by atoms with E-state index in [1.165, 1.54) is 12.1 Å². The Morgan fingerprint density at radius 2 is 1.52 bits per heavy atom. The molecule has 0 bridgehead atoms. The van der Waals surface area contributed by atoms with Gasteiger partial charge in [-0.05, 0) is 19.1 Å². The summed E-state index contributed by atoms with van der Waals surface area (Å²) in [6.45, 7) is 1.67. The molecule has 1 atom stereocenters. The molecule has 0 aliphatic rings. The molecule has 0 aliphatic heterocycles. The fourth-order valence-corrected chi connectivity index (χ4v) is 5.45. The Morgan fingerprint density at radius 3 is 1.90 bits per heavy atom. The Morgan fingerprint density at radius 1 is 1.10 bits per heavy atom. The van der Waals surface area contributed by atoms with Gasteiger partial charge in [0.1, 0.15) is 0 Å². The average molecular weight is 399 g/mol. The number of halogens is 2. The lowest BCUT2D eigenvalue weighted by Gasteiger charge is -2.24. The van der Waals surface area contributed by atoms with Crippen molar-refractivity contribution < 1.29 is 36.2 Å². The normalized spacial score (nSPS) is 16.5. The second kappa shape index (κ2) is 5.92. The molecular formula is C8H10Cl2O8P2S. The molecule has 0 saturated carbocycles. The minimum absolute atomic E-state index is 0.503. The van der Waals surface area contributed by atoms with Crippen LogP contribution in [0.2, 0.25) is 0 Å². The summed E-state index contributed by atoms with van der Waals surface area (Å²) in [5, 5.41) is 0. The molecule has 8 nitrogen and oxygen atoms in total. The van der Waals surface area contributed by atoms with Crippen LogP contribution in [0.4, 0.5) is 0 Å². The van der Waals surface area contributed by atoms with Crippen molar-refractivity contribution >= 4 is 48.5 Å². The Bertz CT molecular complexity index is 723. The Hall–Kier alpha value is 0.0500. The van der Waals surface area contributed by atoms with Crippen molar-refractivity contribution in [2.75, 3.05) is 0 Å². The number of hydrogen-bond donors (Lipinski definition) is 3. The van der Waals surface area contributed by atoms with Crippen LogP contribution >= 0.6 is 38.4 Å². The first-order valence-corrected chi connectivity index (χ1v) is 10.4. The van der Waals surface area contributed by atoms with Crippen LogP contribution in [0.15, 0.2) is 29.2 Å². The molecule has 1 unspecified atom stereocenters. The third-order valence-corrected chi connectivity index (χ3v) is 10.2. The van der Waals surface area contributed by atoms with E-state index in [1.807, 2.05) is 0 Å². The van der Waals surface area contributed by atoms with E-state index >= 15 is 0 Å². The molecule has 21 heavy (non-hydrogen) atoms. The maximum absolute atomic E-state index is 11.8. The van der Waals surface area contributed by atoms with Crippen molar-refractivity contribution in [2.24, 2.45) is 0 Å². The van der Waals surface area contributed by atoms with Gasteiger partial charge < -0.3 is 14.7 Å². The molecule has 0 radical (unpaired) electrons. The first kappa shape index (κ1) is 19.1. The summed E-state index contributed by atoms with van der Waals surface area (Å²) in [7, 11) is -16.0. The highest BCUT2D eigenvalue weighted by molar-refractivity contribution is 7.93. The monoisotopic (exact) mass is 398 g/mol. The number of benzene rings is 1. The molecule has 0 aromatic heterocycles. The van der Waals surface area contributed by atoms with Crippen LogP contribution in [0.1, 0.15) is 5.56 Å². The van der Waals surface area contributed by atoms with E-state index in [-0.39, 0.29) is 0 Å². The molecule has 0 heterocycles. The van der Waals surface area contributed by atoms with Gasteiger partial charge in [0.05, 0.1) is 4.90 Å². The van der Waals surface area contributed by atoms with Crippen LogP contribution in [0.5, 0.6) is 0 Å². The quantitative estimate of drug-likeness (QED) is 0.506. The smallest absolute Gasteiger partial charge is 0.322 e. The molecule has 1 aromatic carbocycles. The molecule has 120 valence electrons. The van der Waals surface area contributed by atoms with E-state index in [0.717, 1.165) is 12.1 Å². The third-order valence-electron chi connectivity index (χ3n) is 2.20. The summed E-state index contributed by atoms with van der Waals surface area (Å²) in [6, 6.07) is 4.92. The molecule has 3 N–H and O–H groups in total. The summed E-state index contributed by atoms with van der Waals surface area (Å²) in [4.78, 5) is 26.6. The van der Waals surface area contributed by atoms with Crippen molar-refractivity contribution in [1.82, 2.24) is 0 Å². The molecule has 13 heteroatoms. The number of rotatable bonds is 5. The molecular weight excluding hydrogens is 389 g/mol. The predicted octanol–water partition coefficient (Wildman–Crippen LogP) is 2.15. The Balaban J connectivity index is 3.23. The zero-order valence-electron chi connectivity index (χ0n) is 10.3. The van der Waals surface area contributed by atoms with E-state index in [2.05, 4.69) is 3.97 Å². The SMILES string of the molecule is Cc1ccc(S(=O)(=O)OP(=O)(O)C(Cl)(Cl)P(=O)(O)O)cc1. The van der Waals surface area contributed by atoms with Crippen molar-refractivity contribution in [3.8, 4) is 0 Å². The second-order valence-corrected chi connectivity index (χ2v) is 12.1. The van der Waals surface area contributed by atoms with Gasteiger partial charge in [-0.3, -0.25) is 9.13 Å². The number of hydrogen-bond acceptors (Lipinski definition) is 5.